The summed E-state index contributed by atoms with van der Waals surface area (Å²) in [7, 11) is 0. The van der Waals surface area contributed by atoms with Gasteiger partial charge >= 0.3 is 6.15 Å². The molecule has 0 aliphatic heterocycles. The molecule has 0 atom stereocenters. The first kappa shape index (κ1) is 17.6. The van der Waals surface area contributed by atoms with Crippen LogP contribution < -0.4 is 0 Å². The summed E-state index contributed by atoms with van der Waals surface area (Å²) in [5, 5.41) is 0. The smallest absolute Gasteiger partial charge is 0.186 e. The van der Waals surface area contributed by atoms with E-state index in [1.165, 1.54) is 0 Å². The maximum atomic E-state index is 8.12. The van der Waals surface area contributed by atoms with Gasteiger partial charge in [-0.3, -0.25) is 0 Å². The fourth-order valence-electron chi connectivity index (χ4n) is 0. The van der Waals surface area contributed by atoms with E-state index in [4.69, 9.17) is 29.4 Å². The highest BCUT2D eigenvalue weighted by Gasteiger charge is 1.13. The molecular formula is CH4O6. The molecule has 0 fully saturated rings. The van der Waals surface area contributed by atoms with E-state index in [1.807, 2.05) is 0 Å². The third-order valence-electron chi connectivity index (χ3n) is 0. The molecule has 0 aliphatic carbocycles. The highest BCUT2D eigenvalue weighted by molar-refractivity contribution is 5.20. The lowest BCUT2D eigenvalue weighted by atomic mass is 11.8. The second-order valence-electron chi connectivity index (χ2n) is 0.0833. The van der Waals surface area contributed by atoms with E-state index in [9.17, 15) is 0 Å². The zero-order valence-electron chi connectivity index (χ0n) is 2.95. The Morgan fingerprint density at radius 3 is 0.857 bits per heavy atom. The summed E-state index contributed by atoms with van der Waals surface area (Å²) < 4.78 is 0. The molecule has 7 heavy (non-hydrogen) atoms. The van der Waals surface area contributed by atoms with Crippen molar-refractivity contribution in [3.63, 3.8) is 0 Å². The van der Waals surface area contributed by atoms with Crippen molar-refractivity contribution in [2.45, 2.75) is 0 Å². The van der Waals surface area contributed by atoms with Crippen LogP contribution in [0.5, 0.6) is 0 Å². The lowest BCUT2D eigenvalue weighted by Gasteiger charge is -0.945. The first-order chi connectivity index (χ1) is 3.41. The molecule has 44 valence electrons. The Morgan fingerprint density at radius 2 is 0.857 bits per heavy atom. The number of carbonyl (C=O) groups excluding carboxylic acids is 2. The second kappa shape index (κ2) is 333. The molecule has 0 heterocycles. The molecule has 0 rings (SSSR count). The van der Waals surface area contributed by atoms with Gasteiger partial charge in [-0.1, -0.05) is 0 Å². The van der Waals surface area contributed by atoms with Crippen molar-refractivity contribution < 1.29 is 12.4 Å². The quantitative estimate of drug-likeness (QED) is 0.440. The van der Waals surface area contributed by atoms with Crippen LogP contribution in [0.3, 0.4) is 0 Å². The molecule has 6 nitrogen and oxygen atoms in total. The summed E-state index contributed by atoms with van der Waals surface area (Å²) in [6.45, 7) is 0. The highest BCUT2D eigenvalue weighted by Crippen LogP contribution is 0.787. The minimum absolute atomic E-state index is 0. The Morgan fingerprint density at radius 1 is 0.857 bits per heavy atom. The molecule has 0 aromatic heterocycles. The maximum absolute atomic E-state index is 8.12. The Bertz CT molecular complexity index is 47.0. The van der Waals surface area contributed by atoms with Crippen LogP contribution in [0.1, 0.15) is 2.85 Å². The van der Waals surface area contributed by atoms with Gasteiger partial charge in [0.1, 0.15) is 0 Å². The molecule has 0 aromatic rings. The summed E-state index contributed by atoms with van der Waals surface area (Å²) in [6.07, 6.45) is 0.250. The SMILES string of the molecule is O=C=O.O=O.O=O.[2HH].[2HH]. The molecule has 0 unspecified atom stereocenters. The maximum Gasteiger partial charge on any atom is 0.373 e. The topological polar surface area (TPSA) is 102 Å². The predicted octanol–water partition coefficient (Wildman–Crippen LogP) is 0.0425. The van der Waals surface area contributed by atoms with E-state index in [-0.39, 0.29) is 9.00 Å². The van der Waals surface area contributed by atoms with E-state index in [2.05, 4.69) is 0 Å². The van der Waals surface area contributed by atoms with E-state index in [1.54, 1.807) is 0 Å². The second-order valence-corrected chi connectivity index (χ2v) is 0.0833. The largest absolute Gasteiger partial charge is 0.373 e. The van der Waals surface area contributed by atoms with Gasteiger partial charge in [0.15, 0.2) is 0 Å². The Labute approximate surface area is 39.9 Å². The van der Waals surface area contributed by atoms with Crippen molar-refractivity contribution in [1.29, 1.82) is 0 Å². The monoisotopic (exact) mass is 114 g/mol. The minimum atomic E-state index is 0. The summed E-state index contributed by atoms with van der Waals surface area (Å²) in [4.78, 5) is 44.2. The van der Waals surface area contributed by atoms with Gasteiger partial charge in [0.25, 0.3) is 0 Å². The molecule has 0 bridgehead atoms. The van der Waals surface area contributed by atoms with Crippen LogP contribution in [0, 0.1) is 19.9 Å². The van der Waals surface area contributed by atoms with E-state index < -0.39 is 0 Å². The Hall–Kier alpha value is -1.42. The number of rotatable bonds is 0. The standard InChI is InChI=1S/CO2.2O2.2H2/c2-1-3;2*1-2;;/h;;;2*1H/i;;;2*1+1. The van der Waals surface area contributed by atoms with Crippen LogP contribution in [0.25, 0.3) is 0 Å². The average Bonchev–Trinajstić information content (AvgIpc) is 1.78. The van der Waals surface area contributed by atoms with Gasteiger partial charge in [0, 0.05) is 22.7 Å². The summed E-state index contributed by atoms with van der Waals surface area (Å²) in [6, 6.07) is 0. The van der Waals surface area contributed by atoms with Crippen molar-refractivity contribution in [1.82, 2.24) is 0 Å². The summed E-state index contributed by atoms with van der Waals surface area (Å²) in [5.41, 5.74) is 0. The Kier molecular flexibility index (Phi) is 836. The number of hydrogen-bond acceptors (Lipinski definition) is 6. The molecule has 0 aliphatic rings. The van der Waals surface area contributed by atoms with Gasteiger partial charge in [-0.15, -0.1) is 0 Å². The Balaban J connectivity index is -0.00000000825. The molecule has 0 aromatic carbocycles. The van der Waals surface area contributed by atoms with Crippen LogP contribution in [0.15, 0.2) is 0 Å². The van der Waals surface area contributed by atoms with Crippen molar-refractivity contribution >= 4 is 6.15 Å². The molecule has 6 heteroatoms. The molecular weight excluding hydrogens is 108 g/mol. The predicted molar refractivity (Wildman–Crippen MR) is 22.7 cm³/mol. The highest BCUT2D eigenvalue weighted by atomic mass is 16.7. The molecule has 0 radical (unpaired) electrons. The van der Waals surface area contributed by atoms with E-state index in [0.29, 0.717) is 0 Å². The van der Waals surface area contributed by atoms with Gasteiger partial charge in [-0.05, 0) is 0 Å². The van der Waals surface area contributed by atoms with Crippen LogP contribution in [-0.4, -0.2) is 6.15 Å². The van der Waals surface area contributed by atoms with Crippen LogP contribution in [0.2, 0.25) is 0 Å². The van der Waals surface area contributed by atoms with Gasteiger partial charge < -0.3 is 0 Å². The van der Waals surface area contributed by atoms with Crippen LogP contribution >= 0.6 is 0 Å². The van der Waals surface area contributed by atoms with Gasteiger partial charge in [0.05, 0.1) is 0 Å². The third kappa shape index (κ3) is 15.1. The summed E-state index contributed by atoms with van der Waals surface area (Å²) >= 11 is 0. The first-order valence-electron chi connectivity index (χ1n) is 0.742. The van der Waals surface area contributed by atoms with Crippen LogP contribution in [0.4, 0.5) is 0 Å². The normalized spacial score (nSPS) is 2.29. The van der Waals surface area contributed by atoms with Crippen molar-refractivity contribution in [2.24, 2.45) is 0 Å². The first-order valence-corrected chi connectivity index (χ1v) is 0.742. The minimum Gasteiger partial charge on any atom is -0.186 e. The average molecular weight is 114 g/mol. The van der Waals surface area contributed by atoms with Crippen LogP contribution in [-0.2, 0) is 9.59 Å². The van der Waals surface area contributed by atoms with Gasteiger partial charge in [-0.25, -0.2) is 0 Å². The zero-order valence-corrected chi connectivity index (χ0v) is 2.95. The fourth-order valence-corrected chi connectivity index (χ4v) is 0. The lowest BCUT2D eigenvalue weighted by Crippen LogP contribution is -1.22. The molecule has 0 saturated carbocycles. The lowest BCUT2D eigenvalue weighted by molar-refractivity contribution is -0.191. The fraction of sp³-hybridized carbons (Fsp3) is 0. The van der Waals surface area contributed by atoms with Crippen molar-refractivity contribution in [3.8, 4) is 0 Å². The van der Waals surface area contributed by atoms with Gasteiger partial charge in [-0.2, -0.15) is 9.59 Å². The van der Waals surface area contributed by atoms with Crippen molar-refractivity contribution in [3.05, 3.63) is 19.9 Å². The zero-order chi connectivity index (χ0) is 6.71. The molecule has 0 saturated heterocycles. The van der Waals surface area contributed by atoms with E-state index in [0.717, 1.165) is 0 Å². The molecule has 0 spiro atoms. The van der Waals surface area contributed by atoms with Gasteiger partial charge in [0.2, 0.25) is 0 Å². The van der Waals surface area contributed by atoms with Crippen molar-refractivity contribution in [2.75, 3.05) is 0 Å². The molecule has 0 amide bonds. The number of hydrogen-bond donors (Lipinski definition) is 0. The summed E-state index contributed by atoms with van der Waals surface area (Å²) in [5.74, 6) is 0. The van der Waals surface area contributed by atoms with E-state index >= 15 is 0 Å². The third-order valence-corrected chi connectivity index (χ3v) is 0. The molecule has 0 N–H and O–H groups in total.